The van der Waals surface area contributed by atoms with Crippen LogP contribution in [0.5, 0.6) is 0 Å². The van der Waals surface area contributed by atoms with E-state index in [4.69, 9.17) is 4.74 Å². The summed E-state index contributed by atoms with van der Waals surface area (Å²) < 4.78 is 5.20. The van der Waals surface area contributed by atoms with E-state index >= 15 is 0 Å². The number of imide groups is 1. The molecule has 2 fully saturated rings. The van der Waals surface area contributed by atoms with Gasteiger partial charge < -0.3 is 9.84 Å². The van der Waals surface area contributed by atoms with Gasteiger partial charge in [-0.05, 0) is 36.3 Å². The molecule has 1 N–H and O–H groups in total. The lowest BCUT2D eigenvalue weighted by molar-refractivity contribution is -0.140. The number of amides is 2. The Morgan fingerprint density at radius 2 is 1.89 bits per heavy atom. The lowest BCUT2D eigenvalue weighted by atomic mass is 9.78. The molecule has 0 bridgehead atoms. The zero-order chi connectivity index (χ0) is 19.8. The summed E-state index contributed by atoms with van der Waals surface area (Å²) in [6.07, 6.45) is 0.0622. The van der Waals surface area contributed by atoms with Crippen molar-refractivity contribution in [1.29, 1.82) is 0 Å². The van der Waals surface area contributed by atoms with Gasteiger partial charge in [0.1, 0.15) is 6.61 Å². The third kappa shape index (κ3) is 4.32. The molecule has 5 nitrogen and oxygen atoms in total. The van der Waals surface area contributed by atoms with E-state index in [0.717, 1.165) is 11.3 Å². The van der Waals surface area contributed by atoms with Crippen LogP contribution in [0.1, 0.15) is 40.5 Å². The molecule has 1 aliphatic carbocycles. The van der Waals surface area contributed by atoms with E-state index in [1.54, 1.807) is 11.8 Å². The van der Waals surface area contributed by atoms with Gasteiger partial charge >= 0.3 is 6.09 Å². The van der Waals surface area contributed by atoms with Crippen molar-refractivity contribution in [1.82, 2.24) is 4.90 Å². The molecule has 1 aromatic carbocycles. The number of hydrogen-bond acceptors (Lipinski definition) is 5. The lowest BCUT2D eigenvalue weighted by Gasteiger charge is -2.40. The second-order valence-corrected chi connectivity index (χ2v) is 10.1. The molecule has 2 aliphatic rings. The van der Waals surface area contributed by atoms with Crippen molar-refractivity contribution in [3.05, 3.63) is 30.3 Å². The topological polar surface area (TPSA) is 66.8 Å². The molecule has 1 heterocycles. The summed E-state index contributed by atoms with van der Waals surface area (Å²) in [5.74, 6) is -0.582. The third-order valence-electron chi connectivity index (χ3n) is 5.52. The molecule has 0 radical (unpaired) electrons. The molecule has 148 valence electrons. The number of thioether (sulfide) groups is 1. The number of rotatable bonds is 3. The van der Waals surface area contributed by atoms with Crippen molar-refractivity contribution in [3.63, 3.8) is 0 Å². The van der Waals surface area contributed by atoms with Crippen LogP contribution in [0.15, 0.2) is 35.2 Å². The van der Waals surface area contributed by atoms with Gasteiger partial charge in [0, 0.05) is 10.1 Å². The largest absolute Gasteiger partial charge is 0.447 e. The van der Waals surface area contributed by atoms with Crippen LogP contribution in [0, 0.1) is 17.3 Å². The quantitative estimate of drug-likeness (QED) is 0.845. The van der Waals surface area contributed by atoms with Crippen LogP contribution in [-0.2, 0) is 9.53 Å². The summed E-state index contributed by atoms with van der Waals surface area (Å²) >= 11 is 1.62. The number of aliphatic hydroxyl groups is 1. The molecule has 1 saturated carbocycles. The highest BCUT2D eigenvalue weighted by Gasteiger charge is 2.50. The number of nitrogens with zero attached hydrogens (tertiary/aromatic N) is 1. The molecule has 27 heavy (non-hydrogen) atoms. The minimum Gasteiger partial charge on any atom is -0.447 e. The summed E-state index contributed by atoms with van der Waals surface area (Å²) in [4.78, 5) is 28.1. The molecule has 5 atom stereocenters. The van der Waals surface area contributed by atoms with E-state index in [1.165, 1.54) is 4.90 Å². The monoisotopic (exact) mass is 391 g/mol. The highest BCUT2D eigenvalue weighted by Crippen LogP contribution is 2.42. The molecule has 3 rings (SSSR count). The highest BCUT2D eigenvalue weighted by atomic mass is 32.2. The maximum Gasteiger partial charge on any atom is 0.417 e. The second kappa shape index (κ2) is 7.84. The Balaban J connectivity index is 1.88. The fourth-order valence-corrected chi connectivity index (χ4v) is 5.56. The van der Waals surface area contributed by atoms with E-state index in [2.05, 4.69) is 6.92 Å². The van der Waals surface area contributed by atoms with Crippen LogP contribution in [0.2, 0.25) is 0 Å². The number of benzene rings is 1. The molecular formula is C21H29NO4S. The first-order chi connectivity index (χ1) is 12.7. The number of aliphatic hydroxyl groups excluding tert-OH is 1. The maximum atomic E-state index is 13.4. The number of carbonyl (C=O) groups is 2. The summed E-state index contributed by atoms with van der Waals surface area (Å²) in [7, 11) is 0. The van der Waals surface area contributed by atoms with E-state index in [-0.39, 0.29) is 29.2 Å². The normalized spacial score (nSPS) is 31.7. The number of ether oxygens (including phenoxy) is 1. The standard InChI is InChI=1S/C21H29NO4S/c1-13-10-15(23)18(16(11-13)27-14-8-6-5-7-9-14)19(24)22-17(21(2,3)4)12-26-20(22)25/h5-9,13,15-18,23H,10-12H2,1-4H3/t13-,15-,16-,17-,18-/m1/s1. The number of hydrogen-bond donors (Lipinski definition) is 1. The van der Waals surface area contributed by atoms with Crippen LogP contribution in [-0.4, -0.2) is 46.0 Å². The molecule has 1 aliphatic heterocycles. The molecule has 0 spiro atoms. The molecular weight excluding hydrogens is 362 g/mol. The van der Waals surface area contributed by atoms with Crippen molar-refractivity contribution in [2.75, 3.05) is 6.61 Å². The van der Waals surface area contributed by atoms with E-state index in [1.807, 2.05) is 51.1 Å². The summed E-state index contributed by atoms with van der Waals surface area (Å²) in [5, 5.41) is 10.7. The Morgan fingerprint density at radius 1 is 1.22 bits per heavy atom. The Morgan fingerprint density at radius 3 is 2.52 bits per heavy atom. The number of carbonyl (C=O) groups excluding carboxylic acids is 2. The highest BCUT2D eigenvalue weighted by molar-refractivity contribution is 8.00. The number of cyclic esters (lactones) is 1. The second-order valence-electron chi connectivity index (χ2n) is 8.81. The molecule has 0 aromatic heterocycles. The van der Waals surface area contributed by atoms with Gasteiger partial charge in [0.05, 0.1) is 18.1 Å². The van der Waals surface area contributed by atoms with Gasteiger partial charge in [-0.15, -0.1) is 11.8 Å². The van der Waals surface area contributed by atoms with E-state index in [0.29, 0.717) is 12.3 Å². The lowest BCUT2D eigenvalue weighted by Crippen LogP contribution is -2.54. The zero-order valence-electron chi connectivity index (χ0n) is 16.4. The Kier molecular flexibility index (Phi) is 5.87. The summed E-state index contributed by atoms with van der Waals surface area (Å²) in [6.45, 7) is 8.30. The van der Waals surface area contributed by atoms with Crippen molar-refractivity contribution in [2.45, 2.75) is 62.8 Å². The SMILES string of the molecule is C[C@@H]1C[C@@H](O)[C@@H](C(=O)N2C(=O)OC[C@@H]2C(C)(C)C)[C@H](Sc2ccccc2)C1. The third-order valence-corrected chi connectivity index (χ3v) is 6.85. The van der Waals surface area contributed by atoms with Crippen molar-refractivity contribution in [3.8, 4) is 0 Å². The van der Waals surface area contributed by atoms with Crippen LogP contribution >= 0.6 is 11.8 Å². The first kappa shape index (κ1) is 20.2. The van der Waals surface area contributed by atoms with E-state index in [9.17, 15) is 14.7 Å². The predicted octanol–water partition coefficient (Wildman–Crippen LogP) is 3.95. The predicted molar refractivity (Wildman–Crippen MR) is 105 cm³/mol. The van der Waals surface area contributed by atoms with Gasteiger partial charge in [0.2, 0.25) is 5.91 Å². The first-order valence-corrected chi connectivity index (χ1v) is 10.5. The zero-order valence-corrected chi connectivity index (χ0v) is 17.2. The maximum absolute atomic E-state index is 13.4. The van der Waals surface area contributed by atoms with Crippen molar-refractivity contribution >= 4 is 23.8 Å². The minimum absolute atomic E-state index is 0.0762. The summed E-state index contributed by atoms with van der Waals surface area (Å²) in [6, 6.07) is 9.61. The van der Waals surface area contributed by atoms with Gasteiger partial charge in [-0.3, -0.25) is 4.79 Å². The van der Waals surface area contributed by atoms with Crippen LogP contribution in [0.4, 0.5) is 4.79 Å². The van der Waals surface area contributed by atoms with Crippen LogP contribution < -0.4 is 0 Å². The van der Waals surface area contributed by atoms with Gasteiger partial charge in [-0.25, -0.2) is 9.69 Å². The average molecular weight is 392 g/mol. The molecule has 1 saturated heterocycles. The molecule has 1 aromatic rings. The van der Waals surface area contributed by atoms with Crippen LogP contribution in [0.25, 0.3) is 0 Å². The Hall–Kier alpha value is -1.53. The Bertz CT molecular complexity index is 687. The minimum atomic E-state index is -0.753. The Labute approximate surface area is 165 Å². The fourth-order valence-electron chi connectivity index (χ4n) is 4.03. The molecule has 6 heteroatoms. The fraction of sp³-hybridized carbons (Fsp3) is 0.619. The van der Waals surface area contributed by atoms with Gasteiger partial charge in [-0.2, -0.15) is 0 Å². The van der Waals surface area contributed by atoms with Gasteiger partial charge in [-0.1, -0.05) is 45.9 Å². The van der Waals surface area contributed by atoms with E-state index < -0.39 is 18.1 Å². The molecule has 0 unspecified atom stereocenters. The van der Waals surface area contributed by atoms with Gasteiger partial charge in [0.25, 0.3) is 0 Å². The van der Waals surface area contributed by atoms with Crippen LogP contribution in [0.3, 0.4) is 0 Å². The smallest absolute Gasteiger partial charge is 0.417 e. The molecule has 2 amide bonds. The summed E-state index contributed by atoms with van der Waals surface area (Å²) in [5.41, 5.74) is -0.281. The van der Waals surface area contributed by atoms with Crippen molar-refractivity contribution < 1.29 is 19.4 Å². The van der Waals surface area contributed by atoms with Crippen molar-refractivity contribution in [2.24, 2.45) is 17.3 Å². The van der Waals surface area contributed by atoms with Gasteiger partial charge in [0.15, 0.2) is 0 Å². The first-order valence-electron chi connectivity index (χ1n) is 9.58. The average Bonchev–Trinajstić information content (AvgIpc) is 2.97.